The van der Waals surface area contributed by atoms with E-state index < -0.39 is 0 Å². The lowest BCUT2D eigenvalue weighted by molar-refractivity contribution is -0.999. The number of rotatable bonds is 7. The van der Waals surface area contributed by atoms with Gasteiger partial charge in [-0.1, -0.05) is 6.08 Å². The Morgan fingerprint density at radius 2 is 1.53 bits per heavy atom. The molecule has 7 rings (SSSR count). The minimum Gasteiger partial charge on any atom is -0.454 e. The molecule has 2 aromatic rings. The number of hydrogen-bond donors (Lipinski definition) is 2. The molecule has 3 fully saturated rings. The van der Waals surface area contributed by atoms with E-state index in [9.17, 15) is 0 Å². The highest BCUT2D eigenvalue weighted by atomic mass is 16.7. The summed E-state index contributed by atoms with van der Waals surface area (Å²) in [5, 5.41) is 0. The van der Waals surface area contributed by atoms with Gasteiger partial charge in [0.25, 0.3) is 0 Å². The van der Waals surface area contributed by atoms with Crippen molar-refractivity contribution in [1.29, 1.82) is 0 Å². The van der Waals surface area contributed by atoms with Crippen molar-refractivity contribution in [3.8, 4) is 23.0 Å². The Morgan fingerprint density at radius 1 is 0.906 bits per heavy atom. The molecule has 2 N–H and O–H groups in total. The molecule has 32 heavy (non-hydrogen) atoms. The van der Waals surface area contributed by atoms with Gasteiger partial charge in [0.1, 0.15) is 25.7 Å². The molecule has 5 aliphatic heterocycles. The largest absolute Gasteiger partial charge is 0.454 e. The van der Waals surface area contributed by atoms with Gasteiger partial charge in [0, 0.05) is 29.9 Å². The second-order valence-corrected chi connectivity index (χ2v) is 9.68. The molecule has 3 saturated heterocycles. The normalized spacial score (nSPS) is 27.2. The zero-order valence-corrected chi connectivity index (χ0v) is 18.5. The smallest absolute Gasteiger partial charge is 0.231 e. The Hall–Kier alpha value is -2.70. The lowest BCUT2D eigenvalue weighted by atomic mass is 9.75. The van der Waals surface area contributed by atoms with Gasteiger partial charge in [-0.05, 0) is 42.3 Å². The van der Waals surface area contributed by atoms with E-state index in [2.05, 4.69) is 36.9 Å². The van der Waals surface area contributed by atoms with Crippen LogP contribution in [0.3, 0.4) is 0 Å². The molecule has 0 radical (unpaired) electrons. The van der Waals surface area contributed by atoms with Crippen LogP contribution in [0.4, 0.5) is 0 Å². The Morgan fingerprint density at radius 3 is 2.09 bits per heavy atom. The van der Waals surface area contributed by atoms with Crippen LogP contribution >= 0.6 is 0 Å². The van der Waals surface area contributed by atoms with Crippen LogP contribution in [0.25, 0.3) is 0 Å². The first-order valence-corrected chi connectivity index (χ1v) is 11.8. The van der Waals surface area contributed by atoms with Gasteiger partial charge in [-0.15, -0.1) is 6.58 Å². The summed E-state index contributed by atoms with van der Waals surface area (Å²) in [4.78, 5) is 3.34. The van der Waals surface area contributed by atoms with Gasteiger partial charge in [0.15, 0.2) is 23.0 Å². The first-order chi connectivity index (χ1) is 15.7. The summed E-state index contributed by atoms with van der Waals surface area (Å²) in [6, 6.07) is 13.5. The Bertz CT molecular complexity index is 950. The van der Waals surface area contributed by atoms with Gasteiger partial charge in [-0.3, -0.25) is 0 Å². The molecule has 4 atom stereocenters. The molecular formula is C26H32N2O4+2. The molecule has 5 aliphatic rings. The van der Waals surface area contributed by atoms with E-state index in [0.29, 0.717) is 25.5 Å². The number of quaternary nitrogens is 2. The summed E-state index contributed by atoms with van der Waals surface area (Å²) in [7, 11) is 0. The highest BCUT2D eigenvalue weighted by Gasteiger charge is 2.43. The molecule has 2 bridgehead atoms. The lowest BCUT2D eigenvalue weighted by Gasteiger charge is -2.46. The molecule has 0 spiro atoms. The third-order valence-electron chi connectivity index (χ3n) is 7.72. The van der Waals surface area contributed by atoms with E-state index in [4.69, 9.17) is 18.9 Å². The van der Waals surface area contributed by atoms with Crippen LogP contribution in [0.2, 0.25) is 0 Å². The van der Waals surface area contributed by atoms with Gasteiger partial charge in [-0.25, -0.2) is 0 Å². The SMILES string of the molecule is C=C[C@H]1C[NH+]2CC[C@H]1C[C@@H]2C[NH+](Cc1ccc2c(c1)OCO2)Cc1ccc2c(c1)OCO2. The third kappa shape index (κ3) is 3.82. The predicted octanol–water partition coefficient (Wildman–Crippen LogP) is 1.21. The molecule has 1 unspecified atom stereocenters. The van der Waals surface area contributed by atoms with E-state index in [0.717, 1.165) is 42.0 Å². The van der Waals surface area contributed by atoms with Crippen LogP contribution in [0.1, 0.15) is 24.0 Å². The van der Waals surface area contributed by atoms with Crippen LogP contribution in [0, 0.1) is 11.8 Å². The van der Waals surface area contributed by atoms with Gasteiger partial charge >= 0.3 is 0 Å². The minimum atomic E-state index is 0.318. The average molecular weight is 437 g/mol. The van der Waals surface area contributed by atoms with Crippen LogP contribution in [0.5, 0.6) is 23.0 Å². The Balaban J connectivity index is 1.22. The van der Waals surface area contributed by atoms with Crippen molar-refractivity contribution in [2.75, 3.05) is 33.2 Å². The summed E-state index contributed by atoms with van der Waals surface area (Å²) in [6.45, 7) is 10.4. The number of piperidine rings is 3. The van der Waals surface area contributed by atoms with Crippen molar-refractivity contribution in [2.45, 2.75) is 32.0 Å². The molecule has 0 amide bonds. The molecule has 6 nitrogen and oxygen atoms in total. The maximum Gasteiger partial charge on any atom is 0.231 e. The topological polar surface area (TPSA) is 45.8 Å². The van der Waals surface area contributed by atoms with E-state index in [1.54, 1.807) is 9.80 Å². The lowest BCUT2D eigenvalue weighted by Crippen LogP contribution is -3.25. The van der Waals surface area contributed by atoms with Crippen molar-refractivity contribution in [3.05, 3.63) is 60.2 Å². The molecular weight excluding hydrogens is 404 g/mol. The number of ether oxygens (including phenoxy) is 4. The summed E-state index contributed by atoms with van der Waals surface area (Å²) >= 11 is 0. The quantitative estimate of drug-likeness (QED) is 0.641. The van der Waals surface area contributed by atoms with Crippen LogP contribution in [0.15, 0.2) is 49.1 Å². The summed E-state index contributed by atoms with van der Waals surface area (Å²) in [5.41, 5.74) is 2.58. The van der Waals surface area contributed by atoms with Gasteiger partial charge in [-0.2, -0.15) is 0 Å². The molecule has 0 aliphatic carbocycles. The van der Waals surface area contributed by atoms with E-state index in [-0.39, 0.29) is 0 Å². The molecule has 6 heteroatoms. The Kier molecular flexibility index (Phi) is 5.20. The van der Waals surface area contributed by atoms with E-state index in [1.165, 1.54) is 43.6 Å². The van der Waals surface area contributed by atoms with E-state index in [1.807, 2.05) is 12.1 Å². The summed E-state index contributed by atoms with van der Waals surface area (Å²) < 4.78 is 22.3. The minimum absolute atomic E-state index is 0.318. The fourth-order valence-electron chi connectivity index (χ4n) is 6.09. The van der Waals surface area contributed by atoms with Crippen LogP contribution in [-0.2, 0) is 13.1 Å². The zero-order valence-electron chi connectivity index (χ0n) is 18.5. The maximum atomic E-state index is 5.63. The van der Waals surface area contributed by atoms with Crippen LogP contribution in [-0.4, -0.2) is 39.3 Å². The zero-order chi connectivity index (χ0) is 21.5. The molecule has 0 saturated carbocycles. The van der Waals surface area contributed by atoms with Gasteiger partial charge < -0.3 is 28.7 Å². The summed E-state index contributed by atoms with van der Waals surface area (Å²) in [6.07, 6.45) is 4.86. The number of nitrogens with one attached hydrogen (secondary N) is 2. The molecule has 2 aromatic carbocycles. The third-order valence-corrected chi connectivity index (χ3v) is 7.72. The highest BCUT2D eigenvalue weighted by Crippen LogP contribution is 2.33. The number of hydrogen-bond acceptors (Lipinski definition) is 4. The van der Waals surface area contributed by atoms with Crippen molar-refractivity contribution in [2.24, 2.45) is 11.8 Å². The predicted molar refractivity (Wildman–Crippen MR) is 119 cm³/mol. The van der Waals surface area contributed by atoms with Crippen molar-refractivity contribution in [3.63, 3.8) is 0 Å². The first-order valence-electron chi connectivity index (χ1n) is 11.8. The average Bonchev–Trinajstić information content (AvgIpc) is 3.48. The van der Waals surface area contributed by atoms with Gasteiger partial charge in [0.2, 0.25) is 13.6 Å². The molecule has 0 aromatic heterocycles. The Labute approximate surface area is 189 Å². The highest BCUT2D eigenvalue weighted by molar-refractivity contribution is 5.45. The molecule has 168 valence electrons. The van der Waals surface area contributed by atoms with Crippen molar-refractivity contribution < 1.29 is 28.7 Å². The van der Waals surface area contributed by atoms with Crippen LogP contribution < -0.4 is 28.7 Å². The van der Waals surface area contributed by atoms with Crippen molar-refractivity contribution in [1.82, 2.24) is 0 Å². The first kappa shape index (κ1) is 19.9. The maximum absolute atomic E-state index is 5.63. The fourth-order valence-corrected chi connectivity index (χ4v) is 6.09. The standard InChI is InChI=1S/C26H30N2O4/c1-2-20-14-28-8-7-21(20)11-22(28)15-27(12-18-3-5-23-25(9-18)31-16-29-23)13-19-4-6-24-26(10-19)32-17-30-24/h2-6,9-10,20-22H,1,7-8,11-17H2/p+2/t20-,21-,22+/m0/s1. The monoisotopic (exact) mass is 436 g/mol. The second kappa shape index (κ2) is 8.34. The molecule has 5 heterocycles. The van der Waals surface area contributed by atoms with Crippen molar-refractivity contribution >= 4 is 0 Å². The summed E-state index contributed by atoms with van der Waals surface area (Å²) in [5.74, 6) is 4.94. The number of fused-ring (bicyclic) bond motifs is 5. The van der Waals surface area contributed by atoms with Gasteiger partial charge in [0.05, 0.1) is 13.1 Å². The van der Waals surface area contributed by atoms with E-state index >= 15 is 0 Å². The number of benzene rings is 2. The fraction of sp³-hybridized carbons (Fsp3) is 0.462. The second-order valence-electron chi connectivity index (χ2n) is 9.68.